The first-order chi connectivity index (χ1) is 22.4. The molecule has 1 aliphatic heterocycles. The van der Waals surface area contributed by atoms with Crippen molar-refractivity contribution >= 4 is 23.7 Å². The fraction of sp³-hybridized carbons (Fsp3) is 0.206. The highest BCUT2D eigenvalue weighted by atomic mass is 35.5. The van der Waals surface area contributed by atoms with Crippen LogP contribution in [-0.4, -0.2) is 41.1 Å². The predicted molar refractivity (Wildman–Crippen MR) is 163 cm³/mol. The first kappa shape index (κ1) is 33.0. The number of alkyl halides is 3. The highest BCUT2D eigenvalue weighted by Gasteiger charge is 2.38. The summed E-state index contributed by atoms with van der Waals surface area (Å²) < 4.78 is 58.8. The Labute approximate surface area is 272 Å². The lowest BCUT2D eigenvalue weighted by Gasteiger charge is -2.21. The number of carbonyl (C=O) groups is 2. The molecule has 0 bridgehead atoms. The molecule has 47 heavy (non-hydrogen) atoms. The molecule has 13 heteroatoms. The average molecular weight is 667 g/mol. The Balaban J connectivity index is 1.38. The van der Waals surface area contributed by atoms with Crippen LogP contribution in [0.15, 0.2) is 78.9 Å². The Morgan fingerprint density at radius 2 is 1.72 bits per heavy atom. The number of cyclic esters (lactones) is 1. The van der Waals surface area contributed by atoms with Gasteiger partial charge in [-0.3, -0.25) is 4.90 Å². The van der Waals surface area contributed by atoms with E-state index in [4.69, 9.17) is 31.1 Å². The van der Waals surface area contributed by atoms with Crippen molar-refractivity contribution in [3.05, 3.63) is 112 Å². The monoisotopic (exact) mass is 666 g/mol. The van der Waals surface area contributed by atoms with Crippen LogP contribution in [0.5, 0.6) is 17.2 Å². The molecule has 0 radical (unpaired) electrons. The molecule has 0 spiro atoms. The third-order valence-corrected chi connectivity index (χ3v) is 7.72. The number of nitrogens with zero attached hydrogens (tertiary/aromatic N) is 2. The third-order valence-electron chi connectivity index (χ3n) is 7.42. The topological polar surface area (TPSA) is 118 Å². The van der Waals surface area contributed by atoms with E-state index < -0.39 is 24.5 Å². The van der Waals surface area contributed by atoms with Crippen molar-refractivity contribution in [2.45, 2.75) is 39.1 Å². The number of nitriles is 1. The van der Waals surface area contributed by atoms with Gasteiger partial charge in [0.25, 0.3) is 0 Å². The summed E-state index contributed by atoms with van der Waals surface area (Å²) in [5.74, 6) is -1.01. The second kappa shape index (κ2) is 13.9. The quantitative estimate of drug-likeness (QED) is 0.173. The van der Waals surface area contributed by atoms with E-state index in [-0.39, 0.29) is 48.6 Å². The number of benzene rings is 4. The van der Waals surface area contributed by atoms with Gasteiger partial charge in [0, 0.05) is 11.6 Å². The van der Waals surface area contributed by atoms with Crippen LogP contribution in [0.3, 0.4) is 0 Å². The van der Waals surface area contributed by atoms with E-state index in [1.54, 1.807) is 36.4 Å². The van der Waals surface area contributed by atoms with Crippen LogP contribution in [0, 0.1) is 18.3 Å². The number of carboxylic acid groups (broad SMARTS) is 1. The predicted octanol–water partition coefficient (Wildman–Crippen LogP) is 7.65. The van der Waals surface area contributed by atoms with Crippen LogP contribution < -0.4 is 14.2 Å². The van der Waals surface area contributed by atoms with Gasteiger partial charge in [-0.15, -0.1) is 13.2 Å². The number of hydrogen-bond acceptors (Lipinski definition) is 7. The Morgan fingerprint density at radius 1 is 1.02 bits per heavy atom. The van der Waals surface area contributed by atoms with Crippen molar-refractivity contribution in [1.29, 1.82) is 5.26 Å². The molecule has 1 unspecified atom stereocenters. The van der Waals surface area contributed by atoms with Gasteiger partial charge in [-0.1, -0.05) is 54.1 Å². The van der Waals surface area contributed by atoms with E-state index in [2.05, 4.69) is 10.8 Å². The lowest BCUT2D eigenvalue weighted by atomic mass is 9.97. The van der Waals surface area contributed by atoms with E-state index in [1.807, 2.05) is 19.1 Å². The molecule has 0 aliphatic carbocycles. The summed E-state index contributed by atoms with van der Waals surface area (Å²) in [6.45, 7) is 1.56. The van der Waals surface area contributed by atoms with Gasteiger partial charge >= 0.3 is 18.4 Å². The molecule has 9 nitrogen and oxygen atoms in total. The van der Waals surface area contributed by atoms with Crippen molar-refractivity contribution in [1.82, 2.24) is 4.90 Å². The molecule has 1 amide bonds. The number of carbonyl (C=O) groups excluding carboxylic acids is 1. The van der Waals surface area contributed by atoms with Crippen molar-refractivity contribution in [2.75, 3.05) is 6.61 Å². The van der Waals surface area contributed by atoms with Gasteiger partial charge in [-0.05, 0) is 65.1 Å². The summed E-state index contributed by atoms with van der Waals surface area (Å²) in [5, 5.41) is 18.8. The number of halogens is 4. The molecule has 1 atom stereocenters. The van der Waals surface area contributed by atoms with Crippen molar-refractivity contribution < 1.29 is 46.8 Å². The first-order valence-electron chi connectivity index (χ1n) is 14.1. The number of ether oxygens (including phenoxy) is 4. The van der Waals surface area contributed by atoms with Crippen molar-refractivity contribution in [3.8, 4) is 34.4 Å². The van der Waals surface area contributed by atoms with Crippen LogP contribution in [0.2, 0.25) is 5.02 Å². The molecule has 1 N–H and O–H groups in total. The van der Waals surface area contributed by atoms with E-state index in [0.29, 0.717) is 16.7 Å². The smallest absolute Gasteiger partial charge is 0.488 e. The number of hydrogen-bond donors (Lipinski definition) is 1. The molecule has 0 aromatic heterocycles. The lowest BCUT2D eigenvalue weighted by Crippen LogP contribution is -2.38. The number of rotatable bonds is 11. The highest BCUT2D eigenvalue weighted by molar-refractivity contribution is 6.32. The van der Waals surface area contributed by atoms with Gasteiger partial charge in [0.2, 0.25) is 0 Å². The molecule has 1 saturated heterocycles. The second-order valence-electron chi connectivity index (χ2n) is 10.5. The van der Waals surface area contributed by atoms with Crippen LogP contribution in [0.1, 0.15) is 27.8 Å². The second-order valence-corrected chi connectivity index (χ2v) is 10.9. The van der Waals surface area contributed by atoms with E-state index in [9.17, 15) is 27.9 Å². The molecular weight excluding hydrogens is 641 g/mol. The molecule has 4 aromatic carbocycles. The van der Waals surface area contributed by atoms with Gasteiger partial charge in [-0.25, -0.2) is 9.59 Å². The molecule has 5 rings (SSSR count). The molecule has 4 aromatic rings. The summed E-state index contributed by atoms with van der Waals surface area (Å²) >= 11 is 6.61. The van der Waals surface area contributed by atoms with Crippen LogP contribution >= 0.6 is 11.6 Å². The van der Waals surface area contributed by atoms with Crippen molar-refractivity contribution in [2.24, 2.45) is 0 Å². The highest BCUT2D eigenvalue weighted by Crippen LogP contribution is 2.36. The summed E-state index contributed by atoms with van der Waals surface area (Å²) in [4.78, 5) is 25.1. The van der Waals surface area contributed by atoms with E-state index in [0.717, 1.165) is 27.2 Å². The largest absolute Gasteiger partial charge is 0.573 e. The minimum absolute atomic E-state index is 0.0720. The fourth-order valence-corrected chi connectivity index (χ4v) is 5.18. The van der Waals surface area contributed by atoms with E-state index in [1.165, 1.54) is 30.3 Å². The zero-order valence-corrected chi connectivity index (χ0v) is 25.5. The van der Waals surface area contributed by atoms with Crippen molar-refractivity contribution in [3.63, 3.8) is 0 Å². The maximum atomic E-state index is 12.6. The average Bonchev–Trinajstić information content (AvgIpc) is 3.40. The minimum atomic E-state index is -4.79. The zero-order valence-electron chi connectivity index (χ0n) is 24.7. The third kappa shape index (κ3) is 8.06. The van der Waals surface area contributed by atoms with Gasteiger partial charge < -0.3 is 24.1 Å². The summed E-state index contributed by atoms with van der Waals surface area (Å²) in [7, 11) is 0. The normalized spacial score (nSPS) is 14.3. The Bertz CT molecular complexity index is 1820. The zero-order chi connectivity index (χ0) is 33.7. The van der Waals surface area contributed by atoms with Crippen LogP contribution in [0.4, 0.5) is 18.0 Å². The first-order valence-corrected chi connectivity index (χ1v) is 14.5. The van der Waals surface area contributed by atoms with Gasteiger partial charge in [-0.2, -0.15) is 5.26 Å². The standard InChI is InChI=1S/C34H26ClF3N2O7/c1-20-24(3-2-4-27(20)23-9-11-26(12-10-23)47-34(36,37)38)18-45-31-14-30(44-17-22-7-5-21(15-39)6-8-22)25(13-28(31)35)16-40-29(32(41)42)19-46-33(40)43/h2-14,29H,16-19H2,1H3,(H,41,42). The minimum Gasteiger partial charge on any atom is -0.488 e. The van der Waals surface area contributed by atoms with Crippen LogP contribution in [-0.2, 0) is 29.3 Å². The SMILES string of the molecule is Cc1c(COc2cc(OCc3ccc(C#N)cc3)c(CN3C(=O)OCC3C(=O)O)cc2Cl)cccc1-c1ccc(OC(F)(F)F)cc1. The maximum Gasteiger partial charge on any atom is 0.573 e. The Morgan fingerprint density at radius 3 is 2.38 bits per heavy atom. The Hall–Kier alpha value is -5.41. The molecule has 0 saturated carbocycles. The van der Waals surface area contributed by atoms with Gasteiger partial charge in [0.1, 0.15) is 37.1 Å². The molecular formula is C34H26ClF3N2O7. The fourth-order valence-electron chi connectivity index (χ4n) is 4.94. The maximum absolute atomic E-state index is 12.6. The molecule has 1 aliphatic rings. The van der Waals surface area contributed by atoms with E-state index >= 15 is 0 Å². The summed E-state index contributed by atoms with van der Waals surface area (Å²) in [6.07, 6.45) is -5.58. The summed E-state index contributed by atoms with van der Waals surface area (Å²) in [5.41, 5.74) is 4.72. The summed E-state index contributed by atoms with van der Waals surface area (Å²) in [6, 6.07) is 21.7. The Kier molecular flexibility index (Phi) is 9.77. The molecule has 242 valence electrons. The van der Waals surface area contributed by atoms with Gasteiger partial charge in [0.05, 0.1) is 23.2 Å². The molecule has 1 fully saturated rings. The molecule has 1 heterocycles. The number of carboxylic acids is 1. The number of amides is 1. The number of aliphatic carboxylic acids is 1. The van der Waals surface area contributed by atoms with Gasteiger partial charge in [0.15, 0.2) is 6.04 Å². The lowest BCUT2D eigenvalue weighted by molar-refractivity contribution is -0.274. The van der Waals surface area contributed by atoms with Crippen LogP contribution in [0.25, 0.3) is 11.1 Å².